The number of benzene rings is 2. The average Bonchev–Trinajstić information content (AvgIpc) is 2.66. The summed E-state index contributed by atoms with van der Waals surface area (Å²) in [6.07, 6.45) is -1.81. The number of hydrogen-bond donors (Lipinski definition) is 3. The highest BCUT2D eigenvalue weighted by atomic mass is 32.2. The Bertz CT molecular complexity index is 696. The summed E-state index contributed by atoms with van der Waals surface area (Å²) in [4.78, 5) is 24.1. The van der Waals surface area contributed by atoms with Gasteiger partial charge in [-0.2, -0.15) is 0 Å². The summed E-state index contributed by atoms with van der Waals surface area (Å²) >= 11 is 1.42. The van der Waals surface area contributed by atoms with Crippen LogP contribution in [0.1, 0.15) is 12.0 Å². The van der Waals surface area contributed by atoms with Crippen molar-refractivity contribution in [2.75, 3.05) is 5.75 Å². The lowest BCUT2D eigenvalue weighted by Crippen LogP contribution is -2.43. The minimum absolute atomic E-state index is 0.0470. The van der Waals surface area contributed by atoms with E-state index in [1.54, 1.807) is 12.1 Å². The number of carboxylic acids is 1. The number of aliphatic hydroxyl groups is 1. The van der Waals surface area contributed by atoms with Crippen molar-refractivity contribution in [3.8, 4) is 0 Å². The standard InChI is InChI=1S/C19H21NO5S/c21-15(13-26-16-9-5-2-6-10-16)11-17(18(22)23)20-19(24)25-12-14-7-3-1-4-8-14/h1-10,15,17,21H,11-13H2,(H,20,24)(H,22,23)/t15?,17-/m0/s1. The molecule has 1 unspecified atom stereocenters. The highest BCUT2D eigenvalue weighted by Gasteiger charge is 2.24. The van der Waals surface area contributed by atoms with Gasteiger partial charge in [0, 0.05) is 17.1 Å². The summed E-state index contributed by atoms with van der Waals surface area (Å²) in [5.74, 6) is -0.889. The predicted molar refractivity (Wildman–Crippen MR) is 99.0 cm³/mol. The van der Waals surface area contributed by atoms with Crippen LogP contribution in [0.2, 0.25) is 0 Å². The first-order valence-corrected chi connectivity index (χ1v) is 9.09. The van der Waals surface area contributed by atoms with Crippen molar-refractivity contribution in [1.82, 2.24) is 5.32 Å². The fourth-order valence-corrected chi connectivity index (χ4v) is 3.05. The van der Waals surface area contributed by atoms with Gasteiger partial charge in [0.1, 0.15) is 12.6 Å². The maximum absolute atomic E-state index is 11.8. The predicted octanol–water partition coefficient (Wildman–Crippen LogP) is 2.91. The molecule has 26 heavy (non-hydrogen) atoms. The molecule has 7 heteroatoms. The van der Waals surface area contributed by atoms with Crippen LogP contribution in [0.3, 0.4) is 0 Å². The van der Waals surface area contributed by atoms with Crippen LogP contribution in [0, 0.1) is 0 Å². The number of carbonyl (C=O) groups excluding carboxylic acids is 1. The van der Waals surface area contributed by atoms with Gasteiger partial charge in [0.25, 0.3) is 0 Å². The van der Waals surface area contributed by atoms with Gasteiger partial charge in [-0.05, 0) is 17.7 Å². The first-order chi connectivity index (χ1) is 12.5. The van der Waals surface area contributed by atoms with E-state index in [-0.39, 0.29) is 13.0 Å². The van der Waals surface area contributed by atoms with Crippen LogP contribution < -0.4 is 5.32 Å². The van der Waals surface area contributed by atoms with E-state index in [9.17, 15) is 19.8 Å². The van der Waals surface area contributed by atoms with Crippen LogP contribution in [0.5, 0.6) is 0 Å². The van der Waals surface area contributed by atoms with Crippen molar-refractivity contribution in [1.29, 1.82) is 0 Å². The zero-order valence-corrected chi connectivity index (χ0v) is 14.9. The molecule has 0 aliphatic rings. The van der Waals surface area contributed by atoms with E-state index >= 15 is 0 Å². The van der Waals surface area contributed by atoms with Gasteiger partial charge in [-0.25, -0.2) is 9.59 Å². The number of hydrogen-bond acceptors (Lipinski definition) is 5. The second-order valence-electron chi connectivity index (χ2n) is 5.61. The molecule has 0 aliphatic heterocycles. The van der Waals surface area contributed by atoms with Gasteiger partial charge in [0.15, 0.2) is 0 Å². The molecular formula is C19H21NO5S. The second kappa shape index (κ2) is 10.5. The van der Waals surface area contributed by atoms with E-state index in [0.717, 1.165) is 10.5 Å². The molecule has 6 nitrogen and oxygen atoms in total. The normalized spacial score (nSPS) is 12.8. The summed E-state index contributed by atoms with van der Waals surface area (Å²) in [6, 6.07) is 17.3. The molecule has 2 aromatic rings. The number of carboxylic acid groups (broad SMARTS) is 1. The van der Waals surface area contributed by atoms with E-state index < -0.39 is 24.2 Å². The van der Waals surface area contributed by atoms with Gasteiger partial charge >= 0.3 is 12.1 Å². The molecule has 2 atom stereocenters. The molecule has 1 amide bonds. The van der Waals surface area contributed by atoms with E-state index in [2.05, 4.69) is 5.32 Å². The molecule has 3 N–H and O–H groups in total. The molecule has 0 aromatic heterocycles. The number of aliphatic carboxylic acids is 1. The SMILES string of the molecule is O=C(N[C@@H](CC(O)CSc1ccccc1)C(=O)O)OCc1ccccc1. The molecule has 0 saturated carbocycles. The van der Waals surface area contributed by atoms with Crippen LogP contribution >= 0.6 is 11.8 Å². The van der Waals surface area contributed by atoms with Crippen LogP contribution in [-0.2, 0) is 16.1 Å². The molecule has 0 heterocycles. The Labute approximate surface area is 156 Å². The molecule has 0 bridgehead atoms. The van der Waals surface area contributed by atoms with E-state index in [4.69, 9.17) is 4.74 Å². The molecule has 2 rings (SSSR count). The number of aliphatic hydroxyl groups excluding tert-OH is 1. The Balaban J connectivity index is 1.77. The van der Waals surface area contributed by atoms with Gasteiger partial charge < -0.3 is 20.3 Å². The van der Waals surface area contributed by atoms with Gasteiger partial charge in [0.2, 0.25) is 0 Å². The Hall–Kier alpha value is -2.51. The van der Waals surface area contributed by atoms with Crippen LogP contribution in [0.15, 0.2) is 65.6 Å². The number of rotatable bonds is 9. The lowest BCUT2D eigenvalue weighted by atomic mass is 10.1. The van der Waals surface area contributed by atoms with E-state index in [1.165, 1.54) is 11.8 Å². The molecular weight excluding hydrogens is 354 g/mol. The molecule has 0 radical (unpaired) electrons. The van der Waals surface area contributed by atoms with E-state index in [1.807, 2.05) is 48.5 Å². The quantitative estimate of drug-likeness (QED) is 0.583. The first kappa shape index (κ1) is 19.8. The molecule has 2 aromatic carbocycles. The van der Waals surface area contributed by atoms with Crippen molar-refractivity contribution in [3.63, 3.8) is 0 Å². The van der Waals surface area contributed by atoms with Gasteiger partial charge in [-0.3, -0.25) is 0 Å². The monoisotopic (exact) mass is 375 g/mol. The molecule has 0 fully saturated rings. The number of amides is 1. The third-order valence-corrected chi connectivity index (χ3v) is 4.65. The Kier molecular flexibility index (Phi) is 7.98. The van der Waals surface area contributed by atoms with Crippen molar-refractivity contribution in [3.05, 3.63) is 66.2 Å². The minimum atomic E-state index is -1.22. The maximum Gasteiger partial charge on any atom is 0.408 e. The fraction of sp³-hybridized carbons (Fsp3) is 0.263. The van der Waals surface area contributed by atoms with Crippen molar-refractivity contribution >= 4 is 23.8 Å². The summed E-state index contributed by atoms with van der Waals surface area (Å²) < 4.78 is 5.02. The molecule has 0 saturated heterocycles. The topological polar surface area (TPSA) is 95.9 Å². The number of ether oxygens (including phenoxy) is 1. The summed E-state index contributed by atoms with van der Waals surface area (Å²) in [7, 11) is 0. The highest BCUT2D eigenvalue weighted by molar-refractivity contribution is 7.99. The van der Waals surface area contributed by atoms with Crippen molar-refractivity contribution in [2.45, 2.75) is 30.1 Å². The fourth-order valence-electron chi connectivity index (χ4n) is 2.18. The Morgan fingerprint density at radius 2 is 1.65 bits per heavy atom. The highest BCUT2D eigenvalue weighted by Crippen LogP contribution is 2.19. The number of alkyl carbamates (subject to hydrolysis) is 1. The van der Waals surface area contributed by atoms with Gasteiger partial charge in [0.05, 0.1) is 6.10 Å². The number of carbonyl (C=O) groups is 2. The zero-order chi connectivity index (χ0) is 18.8. The molecule has 0 aliphatic carbocycles. The minimum Gasteiger partial charge on any atom is -0.480 e. The lowest BCUT2D eigenvalue weighted by Gasteiger charge is -2.18. The first-order valence-electron chi connectivity index (χ1n) is 8.10. The summed E-state index contributed by atoms with van der Waals surface area (Å²) in [6.45, 7) is 0.0470. The number of nitrogens with one attached hydrogen (secondary N) is 1. The Morgan fingerprint density at radius 1 is 1.04 bits per heavy atom. The third-order valence-electron chi connectivity index (χ3n) is 3.50. The van der Waals surface area contributed by atoms with Crippen molar-refractivity contribution < 1.29 is 24.5 Å². The smallest absolute Gasteiger partial charge is 0.408 e. The van der Waals surface area contributed by atoms with Crippen LogP contribution in [0.25, 0.3) is 0 Å². The van der Waals surface area contributed by atoms with Gasteiger partial charge in [-0.1, -0.05) is 48.5 Å². The number of thioether (sulfide) groups is 1. The van der Waals surface area contributed by atoms with Crippen LogP contribution in [-0.4, -0.2) is 40.2 Å². The summed E-state index contributed by atoms with van der Waals surface area (Å²) in [5, 5.41) is 21.6. The average molecular weight is 375 g/mol. The largest absolute Gasteiger partial charge is 0.480 e. The van der Waals surface area contributed by atoms with E-state index in [0.29, 0.717) is 5.75 Å². The summed E-state index contributed by atoms with van der Waals surface area (Å²) in [5.41, 5.74) is 0.800. The maximum atomic E-state index is 11.8. The van der Waals surface area contributed by atoms with Gasteiger partial charge in [-0.15, -0.1) is 11.8 Å². The molecule has 138 valence electrons. The van der Waals surface area contributed by atoms with Crippen LogP contribution in [0.4, 0.5) is 4.79 Å². The lowest BCUT2D eigenvalue weighted by molar-refractivity contribution is -0.140. The van der Waals surface area contributed by atoms with Crippen molar-refractivity contribution in [2.24, 2.45) is 0 Å². The molecule has 0 spiro atoms. The zero-order valence-electron chi connectivity index (χ0n) is 14.1. The Morgan fingerprint density at radius 3 is 2.27 bits per heavy atom. The second-order valence-corrected chi connectivity index (χ2v) is 6.70. The third kappa shape index (κ3) is 7.16.